The van der Waals surface area contributed by atoms with Crippen molar-refractivity contribution < 1.29 is 5.11 Å². The maximum atomic E-state index is 9.96. The highest BCUT2D eigenvalue weighted by Gasteiger charge is 2.08. The quantitative estimate of drug-likeness (QED) is 0.724. The Labute approximate surface area is 111 Å². The molecule has 1 atom stereocenters. The average Bonchev–Trinajstić information content (AvgIpc) is 2.28. The van der Waals surface area contributed by atoms with Crippen LogP contribution in [0.25, 0.3) is 0 Å². The van der Waals surface area contributed by atoms with Crippen molar-refractivity contribution in [3.63, 3.8) is 0 Å². The molecular weight excluding hydrogens is 287 g/mol. The summed E-state index contributed by atoms with van der Waals surface area (Å²) in [5.74, 6) is 0. The standard InChI is InChI=1S/C13H18BrClO/c1-2-3-4-5-6-13(16)10-7-8-11(14)12(15)9-10/h7-9,13,16H,2-6H2,1H3. The lowest BCUT2D eigenvalue weighted by Gasteiger charge is -2.11. The second-order valence-electron chi connectivity index (χ2n) is 4.04. The van der Waals surface area contributed by atoms with E-state index in [1.807, 2.05) is 18.2 Å². The molecular formula is C13H18BrClO. The largest absolute Gasteiger partial charge is 0.388 e. The normalized spacial score (nSPS) is 12.8. The van der Waals surface area contributed by atoms with Gasteiger partial charge in [-0.05, 0) is 40.0 Å². The summed E-state index contributed by atoms with van der Waals surface area (Å²) in [6.45, 7) is 2.19. The lowest BCUT2D eigenvalue weighted by Crippen LogP contribution is -1.97. The highest BCUT2D eigenvalue weighted by molar-refractivity contribution is 9.10. The molecule has 0 aliphatic carbocycles. The summed E-state index contributed by atoms with van der Waals surface area (Å²) >= 11 is 9.32. The predicted molar refractivity (Wildman–Crippen MR) is 72.9 cm³/mol. The molecule has 0 saturated carbocycles. The van der Waals surface area contributed by atoms with Crippen LogP contribution in [0.15, 0.2) is 22.7 Å². The highest BCUT2D eigenvalue weighted by Crippen LogP contribution is 2.28. The third kappa shape index (κ3) is 4.44. The number of benzene rings is 1. The lowest BCUT2D eigenvalue weighted by atomic mass is 10.0. The second kappa shape index (κ2) is 7.31. The van der Waals surface area contributed by atoms with Crippen LogP contribution < -0.4 is 0 Å². The summed E-state index contributed by atoms with van der Waals surface area (Å²) in [4.78, 5) is 0. The van der Waals surface area contributed by atoms with Gasteiger partial charge in [0.05, 0.1) is 11.1 Å². The van der Waals surface area contributed by atoms with Crippen molar-refractivity contribution in [3.05, 3.63) is 33.3 Å². The van der Waals surface area contributed by atoms with Crippen LogP contribution in [-0.2, 0) is 0 Å². The van der Waals surface area contributed by atoms with E-state index in [2.05, 4.69) is 22.9 Å². The fourth-order valence-electron chi connectivity index (χ4n) is 1.65. The fraction of sp³-hybridized carbons (Fsp3) is 0.538. The monoisotopic (exact) mass is 304 g/mol. The molecule has 0 heterocycles. The SMILES string of the molecule is CCCCCCC(O)c1ccc(Br)c(Cl)c1. The van der Waals surface area contributed by atoms with Crippen LogP contribution in [0.5, 0.6) is 0 Å². The molecule has 3 heteroatoms. The molecule has 1 unspecified atom stereocenters. The first-order valence-corrected chi connectivity index (χ1v) is 6.95. The summed E-state index contributed by atoms with van der Waals surface area (Å²) in [7, 11) is 0. The molecule has 0 aliphatic rings. The van der Waals surface area contributed by atoms with Gasteiger partial charge >= 0.3 is 0 Å². The minimum Gasteiger partial charge on any atom is -0.388 e. The van der Waals surface area contributed by atoms with Crippen LogP contribution in [0.4, 0.5) is 0 Å². The predicted octanol–water partition coefficient (Wildman–Crippen LogP) is 5.11. The summed E-state index contributed by atoms with van der Waals surface area (Å²) in [6, 6.07) is 5.63. The van der Waals surface area contributed by atoms with E-state index in [9.17, 15) is 5.11 Å². The summed E-state index contributed by atoms with van der Waals surface area (Å²) < 4.78 is 0.871. The van der Waals surface area contributed by atoms with Gasteiger partial charge in [-0.3, -0.25) is 0 Å². The lowest BCUT2D eigenvalue weighted by molar-refractivity contribution is 0.163. The Morgan fingerprint density at radius 2 is 2.06 bits per heavy atom. The van der Waals surface area contributed by atoms with Crippen LogP contribution in [-0.4, -0.2) is 5.11 Å². The van der Waals surface area contributed by atoms with E-state index in [4.69, 9.17) is 11.6 Å². The van der Waals surface area contributed by atoms with E-state index in [-0.39, 0.29) is 6.10 Å². The molecule has 0 aromatic heterocycles. The third-order valence-electron chi connectivity index (χ3n) is 2.66. The van der Waals surface area contributed by atoms with Crippen molar-refractivity contribution in [1.82, 2.24) is 0 Å². The molecule has 1 aromatic carbocycles. The Morgan fingerprint density at radius 1 is 1.31 bits per heavy atom. The van der Waals surface area contributed by atoms with Crippen molar-refractivity contribution >= 4 is 27.5 Å². The van der Waals surface area contributed by atoms with Crippen molar-refractivity contribution in [1.29, 1.82) is 0 Å². The van der Waals surface area contributed by atoms with E-state index in [1.165, 1.54) is 19.3 Å². The summed E-state index contributed by atoms with van der Waals surface area (Å²) in [5, 5.41) is 10.6. The number of halogens is 2. The number of aliphatic hydroxyl groups is 1. The Kier molecular flexibility index (Phi) is 6.40. The van der Waals surface area contributed by atoms with E-state index in [0.29, 0.717) is 5.02 Å². The molecule has 1 nitrogen and oxygen atoms in total. The smallest absolute Gasteiger partial charge is 0.0790 e. The third-order valence-corrected chi connectivity index (χ3v) is 3.89. The molecule has 0 bridgehead atoms. The maximum absolute atomic E-state index is 9.96. The molecule has 1 rings (SSSR count). The average molecular weight is 306 g/mol. The number of aliphatic hydroxyl groups excluding tert-OH is 1. The molecule has 0 saturated heterocycles. The van der Waals surface area contributed by atoms with Crippen molar-refractivity contribution in [2.45, 2.75) is 45.1 Å². The van der Waals surface area contributed by atoms with Crippen LogP contribution >= 0.6 is 27.5 Å². The zero-order valence-corrected chi connectivity index (χ0v) is 11.9. The van der Waals surface area contributed by atoms with Gasteiger partial charge in [0.2, 0.25) is 0 Å². The Hall–Kier alpha value is -0.0500. The van der Waals surface area contributed by atoms with Crippen molar-refractivity contribution in [2.24, 2.45) is 0 Å². The minimum absolute atomic E-state index is 0.387. The number of hydrogen-bond acceptors (Lipinski definition) is 1. The van der Waals surface area contributed by atoms with Crippen molar-refractivity contribution in [2.75, 3.05) is 0 Å². The number of unbranched alkanes of at least 4 members (excludes halogenated alkanes) is 3. The molecule has 90 valence electrons. The van der Waals surface area contributed by atoms with Crippen LogP contribution in [0, 0.1) is 0 Å². The van der Waals surface area contributed by atoms with Gasteiger partial charge in [0.15, 0.2) is 0 Å². The van der Waals surface area contributed by atoms with Gasteiger partial charge in [0.25, 0.3) is 0 Å². The fourth-order valence-corrected chi connectivity index (χ4v) is 2.09. The van der Waals surface area contributed by atoms with Gasteiger partial charge < -0.3 is 5.11 Å². The Balaban J connectivity index is 2.46. The topological polar surface area (TPSA) is 20.2 Å². The van der Waals surface area contributed by atoms with Crippen LogP contribution in [0.3, 0.4) is 0 Å². The first-order chi connectivity index (χ1) is 7.65. The highest BCUT2D eigenvalue weighted by atomic mass is 79.9. The number of hydrogen-bond donors (Lipinski definition) is 1. The molecule has 0 radical (unpaired) electrons. The van der Waals surface area contributed by atoms with E-state index in [0.717, 1.165) is 22.9 Å². The zero-order chi connectivity index (χ0) is 12.0. The Morgan fingerprint density at radius 3 is 2.69 bits per heavy atom. The minimum atomic E-state index is -0.387. The number of rotatable bonds is 6. The van der Waals surface area contributed by atoms with Gasteiger partial charge in [0.1, 0.15) is 0 Å². The molecule has 0 fully saturated rings. The maximum Gasteiger partial charge on any atom is 0.0790 e. The van der Waals surface area contributed by atoms with Crippen LogP contribution in [0.1, 0.15) is 50.7 Å². The summed E-state index contributed by atoms with van der Waals surface area (Å²) in [5.41, 5.74) is 0.907. The van der Waals surface area contributed by atoms with Crippen molar-refractivity contribution in [3.8, 4) is 0 Å². The Bertz CT molecular complexity index is 328. The second-order valence-corrected chi connectivity index (χ2v) is 5.30. The zero-order valence-electron chi connectivity index (χ0n) is 9.55. The first kappa shape index (κ1) is 14.0. The summed E-state index contributed by atoms with van der Waals surface area (Å²) in [6.07, 6.45) is 5.16. The van der Waals surface area contributed by atoms with Gasteiger partial charge in [-0.15, -0.1) is 0 Å². The first-order valence-electron chi connectivity index (χ1n) is 5.78. The van der Waals surface area contributed by atoms with E-state index >= 15 is 0 Å². The molecule has 0 amide bonds. The molecule has 0 aliphatic heterocycles. The van der Waals surface area contributed by atoms with Gasteiger partial charge in [-0.25, -0.2) is 0 Å². The van der Waals surface area contributed by atoms with Gasteiger partial charge in [0, 0.05) is 4.47 Å². The van der Waals surface area contributed by atoms with E-state index in [1.54, 1.807) is 0 Å². The van der Waals surface area contributed by atoms with E-state index < -0.39 is 0 Å². The van der Waals surface area contributed by atoms with Crippen LogP contribution in [0.2, 0.25) is 5.02 Å². The van der Waals surface area contributed by atoms with Gasteiger partial charge in [-0.2, -0.15) is 0 Å². The molecule has 0 spiro atoms. The molecule has 1 aromatic rings. The molecule has 16 heavy (non-hydrogen) atoms. The molecule has 1 N–H and O–H groups in total. The van der Waals surface area contributed by atoms with Gasteiger partial charge in [-0.1, -0.05) is 50.3 Å².